The van der Waals surface area contributed by atoms with E-state index in [-0.39, 0.29) is 12.1 Å². The maximum atomic E-state index is 12.3. The lowest BCUT2D eigenvalue weighted by Gasteiger charge is -2.32. The van der Waals surface area contributed by atoms with Crippen molar-refractivity contribution < 1.29 is 4.79 Å². The molecule has 1 aliphatic rings. The average Bonchev–Trinajstić information content (AvgIpc) is 3.09. The normalized spacial score (nSPS) is 16.5. The smallest absolute Gasteiger partial charge is 0.318 e. The SMILES string of the molecule is Cc1ncc(CNC(=O)N(C2CC2)C(C)C(C)C)s1. The fourth-order valence-electron chi connectivity index (χ4n) is 2.10. The molecule has 5 heteroatoms. The lowest BCUT2D eigenvalue weighted by molar-refractivity contribution is 0.157. The minimum atomic E-state index is 0.0646. The van der Waals surface area contributed by atoms with Gasteiger partial charge in [0.25, 0.3) is 0 Å². The molecule has 4 nitrogen and oxygen atoms in total. The van der Waals surface area contributed by atoms with Gasteiger partial charge in [0, 0.05) is 23.2 Å². The van der Waals surface area contributed by atoms with Gasteiger partial charge in [0.15, 0.2) is 0 Å². The third-order valence-electron chi connectivity index (χ3n) is 3.66. The van der Waals surface area contributed by atoms with E-state index in [9.17, 15) is 4.79 Å². The summed E-state index contributed by atoms with van der Waals surface area (Å²) in [6, 6.07) is 0.797. The van der Waals surface area contributed by atoms with E-state index in [1.165, 1.54) is 0 Å². The summed E-state index contributed by atoms with van der Waals surface area (Å²) in [7, 11) is 0. The molecular weight excluding hydrogens is 258 g/mol. The number of aromatic nitrogens is 1. The van der Waals surface area contributed by atoms with Crippen molar-refractivity contribution >= 4 is 17.4 Å². The van der Waals surface area contributed by atoms with Crippen LogP contribution in [0.3, 0.4) is 0 Å². The van der Waals surface area contributed by atoms with Crippen LogP contribution in [0.25, 0.3) is 0 Å². The second-order valence-corrected chi connectivity index (χ2v) is 6.95. The maximum Gasteiger partial charge on any atom is 0.318 e. The Morgan fingerprint density at radius 3 is 2.68 bits per heavy atom. The highest BCUT2D eigenvalue weighted by Gasteiger charge is 2.36. The zero-order valence-corrected chi connectivity index (χ0v) is 13.0. The third kappa shape index (κ3) is 3.69. The molecule has 0 radical (unpaired) electrons. The van der Waals surface area contributed by atoms with Gasteiger partial charge < -0.3 is 10.2 Å². The van der Waals surface area contributed by atoms with Crippen molar-refractivity contribution in [2.45, 2.75) is 59.2 Å². The van der Waals surface area contributed by atoms with Gasteiger partial charge in [-0.2, -0.15) is 0 Å². The van der Waals surface area contributed by atoms with Gasteiger partial charge in [0.1, 0.15) is 0 Å². The number of carbonyl (C=O) groups excluding carboxylic acids is 1. The van der Waals surface area contributed by atoms with E-state index < -0.39 is 0 Å². The summed E-state index contributed by atoms with van der Waals surface area (Å²) in [5.74, 6) is 0.483. The first-order valence-corrected chi connectivity index (χ1v) is 7.78. The number of rotatable bonds is 5. The highest BCUT2D eigenvalue weighted by molar-refractivity contribution is 7.11. The number of nitrogens with zero attached hydrogens (tertiary/aromatic N) is 2. The Morgan fingerprint density at radius 1 is 1.53 bits per heavy atom. The summed E-state index contributed by atoms with van der Waals surface area (Å²) in [6.07, 6.45) is 4.13. The van der Waals surface area contributed by atoms with Gasteiger partial charge in [-0.25, -0.2) is 9.78 Å². The molecule has 1 N–H and O–H groups in total. The van der Waals surface area contributed by atoms with Crippen molar-refractivity contribution in [2.24, 2.45) is 5.92 Å². The van der Waals surface area contributed by atoms with Crippen LogP contribution in [0.15, 0.2) is 6.20 Å². The van der Waals surface area contributed by atoms with E-state index in [2.05, 4.69) is 31.1 Å². The molecule has 1 atom stereocenters. The van der Waals surface area contributed by atoms with Crippen LogP contribution in [0.5, 0.6) is 0 Å². The molecule has 0 spiro atoms. The number of nitrogens with one attached hydrogen (secondary N) is 1. The number of carbonyl (C=O) groups is 1. The van der Waals surface area contributed by atoms with Crippen LogP contribution in [-0.2, 0) is 6.54 Å². The second kappa shape index (κ2) is 5.90. The Balaban J connectivity index is 1.92. The molecule has 2 amide bonds. The number of hydrogen-bond donors (Lipinski definition) is 1. The Bertz CT molecular complexity index is 440. The van der Waals surface area contributed by atoms with Crippen LogP contribution >= 0.6 is 11.3 Å². The largest absolute Gasteiger partial charge is 0.333 e. The predicted octanol–water partition coefficient (Wildman–Crippen LogP) is 3.17. The van der Waals surface area contributed by atoms with E-state index in [1.54, 1.807) is 11.3 Å². The molecule has 0 aliphatic heterocycles. The Morgan fingerprint density at radius 2 is 2.21 bits per heavy atom. The molecule has 106 valence electrons. The van der Waals surface area contributed by atoms with Crippen LogP contribution < -0.4 is 5.32 Å². The van der Waals surface area contributed by atoms with Crippen LogP contribution in [0.4, 0.5) is 4.79 Å². The third-order valence-corrected chi connectivity index (χ3v) is 4.57. The van der Waals surface area contributed by atoms with Crippen molar-refractivity contribution in [1.82, 2.24) is 15.2 Å². The molecule has 0 aromatic carbocycles. The predicted molar refractivity (Wildman–Crippen MR) is 78.2 cm³/mol. The van der Waals surface area contributed by atoms with Gasteiger partial charge in [0.05, 0.1) is 11.6 Å². The monoisotopic (exact) mass is 281 g/mol. The first-order chi connectivity index (χ1) is 8.99. The quantitative estimate of drug-likeness (QED) is 0.901. The lowest BCUT2D eigenvalue weighted by Crippen LogP contribution is -2.48. The molecule has 1 unspecified atom stereocenters. The molecule has 1 aromatic rings. The summed E-state index contributed by atoms with van der Waals surface area (Å²) in [5, 5.41) is 4.07. The molecule has 1 aliphatic carbocycles. The average molecular weight is 281 g/mol. The first kappa shape index (κ1) is 14.3. The van der Waals surface area contributed by atoms with E-state index >= 15 is 0 Å². The number of amides is 2. The highest BCUT2D eigenvalue weighted by atomic mass is 32.1. The number of hydrogen-bond acceptors (Lipinski definition) is 3. The molecule has 1 fully saturated rings. The summed E-state index contributed by atoms with van der Waals surface area (Å²) < 4.78 is 0. The molecule has 19 heavy (non-hydrogen) atoms. The van der Waals surface area contributed by atoms with E-state index in [4.69, 9.17) is 0 Å². The van der Waals surface area contributed by atoms with Crippen molar-refractivity contribution in [3.63, 3.8) is 0 Å². The van der Waals surface area contributed by atoms with Crippen LogP contribution in [0, 0.1) is 12.8 Å². The molecule has 0 bridgehead atoms. The van der Waals surface area contributed by atoms with E-state index in [0.717, 1.165) is 22.7 Å². The summed E-state index contributed by atoms with van der Waals surface area (Å²) in [4.78, 5) is 19.7. The van der Waals surface area contributed by atoms with Crippen molar-refractivity contribution in [1.29, 1.82) is 0 Å². The van der Waals surface area contributed by atoms with E-state index in [0.29, 0.717) is 18.5 Å². The van der Waals surface area contributed by atoms with Gasteiger partial charge in [-0.05, 0) is 32.6 Å². The van der Waals surface area contributed by atoms with Crippen LogP contribution in [0.2, 0.25) is 0 Å². The standard InChI is InChI=1S/C14H23N3OS/c1-9(2)10(3)17(12-5-6-12)14(18)16-8-13-7-15-11(4)19-13/h7,9-10,12H,5-6,8H2,1-4H3,(H,16,18). The van der Waals surface area contributed by atoms with Gasteiger partial charge >= 0.3 is 6.03 Å². The number of urea groups is 1. The summed E-state index contributed by atoms with van der Waals surface area (Å²) >= 11 is 1.64. The van der Waals surface area contributed by atoms with Crippen molar-refractivity contribution in [3.05, 3.63) is 16.1 Å². The van der Waals surface area contributed by atoms with Gasteiger partial charge in [-0.3, -0.25) is 0 Å². The highest BCUT2D eigenvalue weighted by Crippen LogP contribution is 2.30. The zero-order valence-electron chi connectivity index (χ0n) is 12.1. The molecule has 1 aromatic heterocycles. The molecule has 1 saturated carbocycles. The van der Waals surface area contributed by atoms with Gasteiger partial charge in [-0.15, -0.1) is 11.3 Å². The molecule has 1 heterocycles. The zero-order chi connectivity index (χ0) is 14.0. The summed E-state index contributed by atoms with van der Waals surface area (Å²) in [5.41, 5.74) is 0. The fraction of sp³-hybridized carbons (Fsp3) is 0.714. The molecular formula is C14H23N3OS. The number of thiazole rings is 1. The van der Waals surface area contributed by atoms with Crippen molar-refractivity contribution in [2.75, 3.05) is 0 Å². The van der Waals surface area contributed by atoms with E-state index in [1.807, 2.05) is 18.0 Å². The topological polar surface area (TPSA) is 45.2 Å². The molecule has 0 saturated heterocycles. The first-order valence-electron chi connectivity index (χ1n) is 6.96. The second-order valence-electron chi connectivity index (χ2n) is 5.63. The number of aryl methyl sites for hydroxylation is 1. The van der Waals surface area contributed by atoms with Crippen molar-refractivity contribution in [3.8, 4) is 0 Å². The van der Waals surface area contributed by atoms with Crippen LogP contribution in [0.1, 0.15) is 43.5 Å². The lowest BCUT2D eigenvalue weighted by atomic mass is 10.0. The Kier molecular flexibility index (Phi) is 4.45. The minimum Gasteiger partial charge on any atom is -0.333 e. The molecule has 2 rings (SSSR count). The maximum absolute atomic E-state index is 12.3. The minimum absolute atomic E-state index is 0.0646. The Hall–Kier alpha value is -1.10. The summed E-state index contributed by atoms with van der Waals surface area (Å²) in [6.45, 7) is 9.03. The van der Waals surface area contributed by atoms with Gasteiger partial charge in [0.2, 0.25) is 0 Å². The fourth-order valence-corrected chi connectivity index (χ4v) is 2.83. The van der Waals surface area contributed by atoms with Crippen LogP contribution in [-0.4, -0.2) is 28.0 Å². The Labute approximate surface area is 119 Å². The van der Waals surface area contributed by atoms with Gasteiger partial charge in [-0.1, -0.05) is 13.8 Å².